The van der Waals surface area contributed by atoms with Crippen molar-refractivity contribution < 1.29 is 19.2 Å². The van der Waals surface area contributed by atoms with E-state index in [9.17, 15) is 19.2 Å². The highest BCUT2D eigenvalue weighted by Crippen LogP contribution is 2.29. The molecule has 1 aliphatic heterocycles. The van der Waals surface area contributed by atoms with E-state index in [4.69, 9.17) is 0 Å². The van der Waals surface area contributed by atoms with Crippen molar-refractivity contribution in [1.29, 1.82) is 0 Å². The number of rotatable bonds is 6. The molecule has 5 amide bonds. The van der Waals surface area contributed by atoms with Crippen molar-refractivity contribution in [2.75, 3.05) is 20.1 Å². The maximum atomic E-state index is 13.0. The number of urea groups is 1. The minimum absolute atomic E-state index is 0.159. The topological polar surface area (TPSA) is 98.8 Å². The first-order valence-corrected chi connectivity index (χ1v) is 10.0. The van der Waals surface area contributed by atoms with Gasteiger partial charge in [0.1, 0.15) is 12.1 Å². The molecule has 0 aliphatic carbocycles. The van der Waals surface area contributed by atoms with Gasteiger partial charge in [-0.1, -0.05) is 38.1 Å². The van der Waals surface area contributed by atoms with Crippen molar-refractivity contribution in [3.05, 3.63) is 35.4 Å². The summed E-state index contributed by atoms with van der Waals surface area (Å²) in [5.74, 6) is -0.959. The van der Waals surface area contributed by atoms with Crippen LogP contribution < -0.4 is 10.6 Å². The Labute approximate surface area is 178 Å². The van der Waals surface area contributed by atoms with Crippen LogP contribution in [0.25, 0.3) is 0 Å². The Kier molecular flexibility index (Phi) is 6.59. The van der Waals surface area contributed by atoms with E-state index >= 15 is 0 Å². The Morgan fingerprint density at radius 2 is 1.73 bits per heavy atom. The van der Waals surface area contributed by atoms with Crippen LogP contribution in [0.3, 0.4) is 0 Å². The van der Waals surface area contributed by atoms with Crippen LogP contribution in [-0.4, -0.2) is 59.2 Å². The first kappa shape index (κ1) is 23.4. The molecule has 2 N–H and O–H groups in total. The fourth-order valence-electron chi connectivity index (χ4n) is 3.25. The van der Waals surface area contributed by atoms with Crippen LogP contribution in [0.5, 0.6) is 0 Å². The summed E-state index contributed by atoms with van der Waals surface area (Å²) in [6.07, 6.45) is 0. The van der Waals surface area contributed by atoms with Gasteiger partial charge in [-0.05, 0) is 44.7 Å². The summed E-state index contributed by atoms with van der Waals surface area (Å²) in [7, 11) is 1.47. The molecule has 30 heavy (non-hydrogen) atoms. The van der Waals surface area contributed by atoms with E-state index in [1.54, 1.807) is 6.92 Å². The first-order valence-electron chi connectivity index (χ1n) is 10.0. The summed E-state index contributed by atoms with van der Waals surface area (Å²) in [5.41, 5.74) is 0.118. The van der Waals surface area contributed by atoms with Gasteiger partial charge in [0, 0.05) is 12.6 Å². The average Bonchev–Trinajstić information content (AvgIpc) is 2.84. The van der Waals surface area contributed by atoms with Gasteiger partial charge in [-0.2, -0.15) is 0 Å². The molecule has 164 valence electrons. The Balaban J connectivity index is 2.08. The van der Waals surface area contributed by atoms with Crippen molar-refractivity contribution in [1.82, 2.24) is 20.4 Å². The molecule has 0 unspecified atom stereocenters. The SMILES string of the molecule is CC(C)c1ccc([C@]2(C)NC(=O)N(CC(=O)N(C)CC(=O)NC(C)(C)C)C2=O)cc1. The molecule has 1 saturated heterocycles. The molecule has 1 aliphatic rings. The van der Waals surface area contributed by atoms with Gasteiger partial charge < -0.3 is 15.5 Å². The number of hydrogen-bond donors (Lipinski definition) is 2. The third-order valence-corrected chi connectivity index (χ3v) is 5.04. The molecule has 0 bridgehead atoms. The summed E-state index contributed by atoms with van der Waals surface area (Å²) < 4.78 is 0. The van der Waals surface area contributed by atoms with Crippen molar-refractivity contribution in [2.45, 2.75) is 58.5 Å². The third-order valence-electron chi connectivity index (χ3n) is 5.04. The van der Waals surface area contributed by atoms with Crippen LogP contribution in [0, 0.1) is 0 Å². The zero-order valence-electron chi connectivity index (χ0n) is 18.8. The lowest BCUT2D eigenvalue weighted by molar-refractivity contribution is -0.139. The number of likely N-dealkylation sites (N-methyl/N-ethyl adjacent to an activating group) is 1. The first-order chi connectivity index (χ1) is 13.7. The number of benzene rings is 1. The smallest absolute Gasteiger partial charge is 0.325 e. The molecule has 2 rings (SSSR count). The summed E-state index contributed by atoms with van der Waals surface area (Å²) in [6.45, 7) is 10.7. The van der Waals surface area contributed by atoms with Crippen molar-refractivity contribution in [3.63, 3.8) is 0 Å². The van der Waals surface area contributed by atoms with Gasteiger partial charge in [-0.15, -0.1) is 0 Å². The van der Waals surface area contributed by atoms with E-state index < -0.39 is 35.5 Å². The number of amides is 5. The molecule has 1 atom stereocenters. The Morgan fingerprint density at radius 3 is 2.23 bits per heavy atom. The normalized spacial score (nSPS) is 19.1. The lowest BCUT2D eigenvalue weighted by Gasteiger charge is -2.25. The van der Waals surface area contributed by atoms with Gasteiger partial charge in [0.25, 0.3) is 5.91 Å². The second kappa shape index (κ2) is 8.45. The zero-order valence-corrected chi connectivity index (χ0v) is 18.8. The summed E-state index contributed by atoms with van der Waals surface area (Å²) >= 11 is 0. The van der Waals surface area contributed by atoms with Gasteiger partial charge >= 0.3 is 6.03 Å². The van der Waals surface area contributed by atoms with Gasteiger partial charge in [0.15, 0.2) is 0 Å². The van der Waals surface area contributed by atoms with E-state index in [0.29, 0.717) is 11.5 Å². The molecule has 0 aromatic heterocycles. The van der Waals surface area contributed by atoms with Crippen molar-refractivity contribution in [3.8, 4) is 0 Å². The summed E-state index contributed by atoms with van der Waals surface area (Å²) in [4.78, 5) is 52.1. The number of carbonyl (C=O) groups excluding carboxylic acids is 4. The zero-order chi connectivity index (χ0) is 22.9. The Morgan fingerprint density at radius 1 is 1.17 bits per heavy atom. The maximum Gasteiger partial charge on any atom is 0.325 e. The van der Waals surface area contributed by atoms with Crippen molar-refractivity contribution in [2.24, 2.45) is 0 Å². The fraction of sp³-hybridized carbons (Fsp3) is 0.545. The predicted molar refractivity (Wildman–Crippen MR) is 114 cm³/mol. The monoisotopic (exact) mass is 416 g/mol. The van der Waals surface area contributed by atoms with Gasteiger partial charge in [0.05, 0.1) is 6.54 Å². The van der Waals surface area contributed by atoms with Crippen LogP contribution in [-0.2, 0) is 19.9 Å². The van der Waals surface area contributed by atoms with Gasteiger partial charge in [0.2, 0.25) is 11.8 Å². The summed E-state index contributed by atoms with van der Waals surface area (Å²) in [5, 5.41) is 5.47. The third kappa shape index (κ3) is 5.17. The number of imide groups is 1. The van der Waals surface area contributed by atoms with E-state index in [2.05, 4.69) is 24.5 Å². The maximum absolute atomic E-state index is 13.0. The largest absolute Gasteiger partial charge is 0.350 e. The number of nitrogens with zero attached hydrogens (tertiary/aromatic N) is 2. The van der Waals surface area contributed by atoms with E-state index in [1.165, 1.54) is 11.9 Å². The van der Waals surface area contributed by atoms with Gasteiger partial charge in [-0.25, -0.2) is 4.79 Å². The molecule has 1 aromatic rings. The van der Waals surface area contributed by atoms with E-state index in [-0.39, 0.29) is 12.5 Å². The standard InChI is InChI=1S/C22H32N4O4/c1-14(2)15-8-10-16(11-9-15)22(6)19(29)26(20(30)24-22)13-18(28)25(7)12-17(27)23-21(3,4)5/h8-11,14H,12-13H2,1-7H3,(H,23,27)(H,24,30)/t22-/m0/s1. The van der Waals surface area contributed by atoms with Crippen LogP contribution in [0.15, 0.2) is 24.3 Å². The number of hydrogen-bond acceptors (Lipinski definition) is 4. The molecule has 0 spiro atoms. The summed E-state index contributed by atoms with van der Waals surface area (Å²) in [6, 6.07) is 6.88. The highest BCUT2D eigenvalue weighted by Gasteiger charge is 2.49. The van der Waals surface area contributed by atoms with E-state index in [0.717, 1.165) is 10.5 Å². The lowest BCUT2D eigenvalue weighted by atomic mass is 9.90. The molecule has 1 heterocycles. The number of nitrogens with one attached hydrogen (secondary N) is 2. The highest BCUT2D eigenvalue weighted by atomic mass is 16.2. The molecular formula is C22H32N4O4. The second-order valence-corrected chi connectivity index (χ2v) is 9.27. The quantitative estimate of drug-likeness (QED) is 0.693. The van der Waals surface area contributed by atoms with Crippen LogP contribution >= 0.6 is 0 Å². The second-order valence-electron chi connectivity index (χ2n) is 9.27. The van der Waals surface area contributed by atoms with Crippen LogP contribution in [0.2, 0.25) is 0 Å². The Bertz CT molecular complexity index is 842. The van der Waals surface area contributed by atoms with E-state index in [1.807, 2.05) is 45.0 Å². The van der Waals surface area contributed by atoms with Gasteiger partial charge in [-0.3, -0.25) is 19.3 Å². The molecule has 0 radical (unpaired) electrons. The minimum Gasteiger partial charge on any atom is -0.350 e. The Hall–Kier alpha value is -2.90. The average molecular weight is 417 g/mol. The lowest BCUT2D eigenvalue weighted by Crippen LogP contribution is -2.48. The molecule has 1 fully saturated rings. The molecule has 8 nitrogen and oxygen atoms in total. The van der Waals surface area contributed by atoms with Crippen LogP contribution in [0.4, 0.5) is 4.79 Å². The minimum atomic E-state index is -1.24. The predicted octanol–water partition coefficient (Wildman–Crippen LogP) is 1.95. The fourth-order valence-corrected chi connectivity index (χ4v) is 3.25. The molecular weight excluding hydrogens is 384 g/mol. The number of carbonyl (C=O) groups is 4. The molecule has 1 aromatic carbocycles. The highest BCUT2D eigenvalue weighted by molar-refractivity contribution is 6.09. The molecule has 0 saturated carbocycles. The van der Waals surface area contributed by atoms with Crippen molar-refractivity contribution >= 4 is 23.8 Å². The molecule has 8 heteroatoms. The van der Waals surface area contributed by atoms with Crippen LogP contribution in [0.1, 0.15) is 58.6 Å².